The van der Waals surface area contributed by atoms with E-state index in [9.17, 15) is 4.79 Å². The lowest BCUT2D eigenvalue weighted by Gasteiger charge is -2.18. The van der Waals surface area contributed by atoms with Crippen LogP contribution in [0, 0.1) is 0 Å². The van der Waals surface area contributed by atoms with E-state index in [1.165, 1.54) is 0 Å². The monoisotopic (exact) mass is 259 g/mol. The number of carbonyl (C=O) groups excluding carboxylic acids is 1. The minimum atomic E-state index is -0.389. The number of imidazole rings is 1. The molecular weight excluding hydrogens is 242 g/mol. The fourth-order valence-corrected chi connectivity index (χ4v) is 2.10. The van der Waals surface area contributed by atoms with E-state index in [0.29, 0.717) is 12.4 Å². The van der Waals surface area contributed by atoms with E-state index >= 15 is 0 Å². The largest absolute Gasteiger partial charge is 0.460 e. The lowest BCUT2D eigenvalue weighted by Crippen LogP contribution is -2.18. The van der Waals surface area contributed by atoms with Crippen LogP contribution in [-0.4, -0.2) is 27.1 Å². The predicted octanol–water partition coefficient (Wildman–Crippen LogP) is 2.45. The normalized spacial score (nSPS) is 12.1. The van der Waals surface area contributed by atoms with Gasteiger partial charge in [0.25, 0.3) is 0 Å². The summed E-state index contributed by atoms with van der Waals surface area (Å²) in [6, 6.07) is 3.96. The van der Waals surface area contributed by atoms with Crippen LogP contribution < -0.4 is 0 Å². The van der Waals surface area contributed by atoms with Gasteiger partial charge < -0.3 is 9.30 Å². The van der Waals surface area contributed by atoms with Crippen LogP contribution in [0.5, 0.6) is 0 Å². The Balaban J connectivity index is 2.35. The Morgan fingerprint density at radius 3 is 2.68 bits per heavy atom. The average Bonchev–Trinajstić information content (AvgIpc) is 2.90. The van der Waals surface area contributed by atoms with Gasteiger partial charge in [0.2, 0.25) is 5.82 Å². The molecule has 100 valence electrons. The molecule has 2 rings (SSSR count). The van der Waals surface area contributed by atoms with Gasteiger partial charge in [0.05, 0.1) is 12.6 Å². The molecule has 5 nitrogen and oxygen atoms in total. The van der Waals surface area contributed by atoms with Crippen molar-refractivity contribution in [3.8, 4) is 0 Å². The first-order valence-corrected chi connectivity index (χ1v) is 6.37. The zero-order chi connectivity index (χ0) is 13.7. The highest BCUT2D eigenvalue weighted by atomic mass is 16.5. The van der Waals surface area contributed by atoms with Crippen LogP contribution in [0.25, 0.3) is 0 Å². The van der Waals surface area contributed by atoms with E-state index in [-0.39, 0.29) is 12.0 Å². The lowest BCUT2D eigenvalue weighted by molar-refractivity contribution is 0.0504. The number of ether oxygens (including phenoxy) is 1. The van der Waals surface area contributed by atoms with E-state index in [1.807, 2.05) is 16.7 Å². The van der Waals surface area contributed by atoms with Crippen LogP contribution in [-0.2, 0) is 4.74 Å². The number of hydrogen-bond donors (Lipinski definition) is 0. The molecule has 0 spiro atoms. The zero-order valence-corrected chi connectivity index (χ0v) is 11.1. The van der Waals surface area contributed by atoms with E-state index in [0.717, 1.165) is 12.0 Å². The maximum absolute atomic E-state index is 11.9. The van der Waals surface area contributed by atoms with Gasteiger partial charge in [-0.1, -0.05) is 6.92 Å². The molecule has 2 aromatic heterocycles. The smallest absolute Gasteiger partial charge is 0.374 e. The minimum absolute atomic E-state index is 0.0601. The van der Waals surface area contributed by atoms with Gasteiger partial charge in [-0.3, -0.25) is 4.98 Å². The van der Waals surface area contributed by atoms with Crippen molar-refractivity contribution >= 4 is 5.97 Å². The SMILES string of the molecule is CCOC(=O)c1nccn1[C@H](CC)c1ccncc1. The third-order valence-corrected chi connectivity index (χ3v) is 2.94. The van der Waals surface area contributed by atoms with E-state index in [2.05, 4.69) is 16.9 Å². The third kappa shape index (κ3) is 2.81. The first-order valence-electron chi connectivity index (χ1n) is 6.37. The molecule has 2 aromatic rings. The number of nitrogens with zero attached hydrogens (tertiary/aromatic N) is 3. The van der Waals surface area contributed by atoms with Gasteiger partial charge in [0, 0.05) is 24.8 Å². The van der Waals surface area contributed by atoms with Crippen LogP contribution in [0.4, 0.5) is 0 Å². The molecule has 0 amide bonds. The third-order valence-electron chi connectivity index (χ3n) is 2.94. The maximum atomic E-state index is 11.9. The first-order chi connectivity index (χ1) is 9.27. The molecule has 0 saturated heterocycles. The number of hydrogen-bond acceptors (Lipinski definition) is 4. The summed E-state index contributed by atoms with van der Waals surface area (Å²) in [5.41, 5.74) is 1.10. The van der Waals surface area contributed by atoms with Gasteiger partial charge >= 0.3 is 5.97 Å². The second-order valence-corrected chi connectivity index (χ2v) is 4.08. The molecule has 19 heavy (non-hydrogen) atoms. The van der Waals surface area contributed by atoms with Gasteiger partial charge in [-0.25, -0.2) is 9.78 Å². The van der Waals surface area contributed by atoms with Gasteiger partial charge in [-0.2, -0.15) is 0 Å². The van der Waals surface area contributed by atoms with E-state index in [4.69, 9.17) is 4.74 Å². The van der Waals surface area contributed by atoms with Crippen molar-refractivity contribution in [2.45, 2.75) is 26.3 Å². The van der Waals surface area contributed by atoms with Crippen molar-refractivity contribution in [2.75, 3.05) is 6.61 Å². The summed E-state index contributed by atoms with van der Waals surface area (Å²) < 4.78 is 6.88. The summed E-state index contributed by atoms with van der Waals surface area (Å²) in [5.74, 6) is -0.0504. The molecule has 2 heterocycles. The van der Waals surface area contributed by atoms with Crippen molar-refractivity contribution in [3.05, 3.63) is 48.3 Å². The number of aromatic nitrogens is 3. The van der Waals surface area contributed by atoms with Crippen LogP contribution in [0.1, 0.15) is 42.5 Å². The Bertz CT molecular complexity index is 537. The highest BCUT2D eigenvalue weighted by molar-refractivity contribution is 5.85. The Labute approximate surface area is 112 Å². The quantitative estimate of drug-likeness (QED) is 0.774. The standard InChI is InChI=1S/C14H17N3O2/c1-3-12(11-5-7-15-8-6-11)17-10-9-16-13(17)14(18)19-4-2/h5-10,12H,3-4H2,1-2H3/t12-/m1/s1. The predicted molar refractivity (Wildman–Crippen MR) is 70.9 cm³/mol. The summed E-state index contributed by atoms with van der Waals surface area (Å²) in [7, 11) is 0. The van der Waals surface area contributed by atoms with Crippen molar-refractivity contribution in [3.63, 3.8) is 0 Å². The Kier molecular flexibility index (Phi) is 4.28. The zero-order valence-electron chi connectivity index (χ0n) is 11.1. The highest BCUT2D eigenvalue weighted by Crippen LogP contribution is 2.22. The van der Waals surface area contributed by atoms with Gasteiger partial charge in [-0.05, 0) is 31.0 Å². The molecule has 0 fully saturated rings. The number of rotatable bonds is 5. The number of carbonyl (C=O) groups is 1. The molecule has 0 N–H and O–H groups in total. The lowest BCUT2D eigenvalue weighted by atomic mass is 10.1. The fraction of sp³-hybridized carbons (Fsp3) is 0.357. The summed E-state index contributed by atoms with van der Waals surface area (Å²) >= 11 is 0. The molecule has 0 aromatic carbocycles. The number of esters is 1. The second kappa shape index (κ2) is 6.13. The van der Waals surface area contributed by atoms with Crippen LogP contribution in [0.15, 0.2) is 36.9 Å². The van der Waals surface area contributed by atoms with Crippen molar-refractivity contribution in [2.24, 2.45) is 0 Å². The molecule has 0 aliphatic rings. The van der Waals surface area contributed by atoms with Crippen molar-refractivity contribution < 1.29 is 9.53 Å². The van der Waals surface area contributed by atoms with E-state index < -0.39 is 0 Å². The van der Waals surface area contributed by atoms with Crippen molar-refractivity contribution in [1.29, 1.82) is 0 Å². The minimum Gasteiger partial charge on any atom is -0.460 e. The van der Waals surface area contributed by atoms with E-state index in [1.54, 1.807) is 31.7 Å². The molecular formula is C14H17N3O2. The fourth-order valence-electron chi connectivity index (χ4n) is 2.10. The van der Waals surface area contributed by atoms with Gasteiger partial charge in [0.1, 0.15) is 0 Å². The molecule has 0 saturated carbocycles. The van der Waals surface area contributed by atoms with Gasteiger partial charge in [-0.15, -0.1) is 0 Å². The Hall–Kier alpha value is -2.17. The van der Waals surface area contributed by atoms with Crippen LogP contribution in [0.3, 0.4) is 0 Å². The Morgan fingerprint density at radius 1 is 1.32 bits per heavy atom. The summed E-state index contributed by atoms with van der Waals surface area (Å²) in [6.07, 6.45) is 7.78. The Morgan fingerprint density at radius 2 is 2.05 bits per heavy atom. The molecule has 0 aliphatic carbocycles. The molecule has 0 unspecified atom stereocenters. The summed E-state index contributed by atoms with van der Waals surface area (Å²) in [4.78, 5) is 20.0. The topological polar surface area (TPSA) is 57.0 Å². The molecule has 0 aliphatic heterocycles. The molecule has 5 heteroatoms. The summed E-state index contributed by atoms with van der Waals surface area (Å²) in [6.45, 7) is 4.20. The van der Waals surface area contributed by atoms with Crippen LogP contribution >= 0.6 is 0 Å². The molecule has 1 atom stereocenters. The average molecular weight is 259 g/mol. The van der Waals surface area contributed by atoms with Crippen LogP contribution in [0.2, 0.25) is 0 Å². The maximum Gasteiger partial charge on any atom is 0.374 e. The molecule has 0 bridgehead atoms. The second-order valence-electron chi connectivity index (χ2n) is 4.08. The summed E-state index contributed by atoms with van der Waals surface area (Å²) in [5, 5.41) is 0. The van der Waals surface area contributed by atoms with Crippen molar-refractivity contribution in [1.82, 2.24) is 14.5 Å². The molecule has 0 radical (unpaired) electrons. The first kappa shape index (κ1) is 13.3. The highest BCUT2D eigenvalue weighted by Gasteiger charge is 2.20. The number of pyridine rings is 1. The van der Waals surface area contributed by atoms with Gasteiger partial charge in [0.15, 0.2) is 0 Å².